The average molecular weight is 427 g/mol. The zero-order valence-electron chi connectivity index (χ0n) is 17.1. The number of carbonyl (C=O) groups excluding carboxylic acids is 2. The highest BCUT2D eigenvalue weighted by molar-refractivity contribution is 6.06. The van der Waals surface area contributed by atoms with Crippen molar-refractivity contribution < 1.29 is 22.8 Å². The molecule has 1 aliphatic rings. The molecular formula is C23H20F3N3O2. The van der Waals surface area contributed by atoms with E-state index in [2.05, 4.69) is 5.32 Å². The van der Waals surface area contributed by atoms with E-state index >= 15 is 0 Å². The summed E-state index contributed by atoms with van der Waals surface area (Å²) in [6.45, 7) is 4.97. The molecule has 0 saturated carbocycles. The van der Waals surface area contributed by atoms with Crippen LogP contribution in [0.4, 0.5) is 23.7 Å². The van der Waals surface area contributed by atoms with Crippen molar-refractivity contribution in [1.29, 1.82) is 5.26 Å². The van der Waals surface area contributed by atoms with Gasteiger partial charge in [0.1, 0.15) is 0 Å². The Hall–Kier alpha value is -3.60. The number of amides is 2. The van der Waals surface area contributed by atoms with E-state index in [1.54, 1.807) is 45.0 Å². The van der Waals surface area contributed by atoms with Gasteiger partial charge in [-0.1, -0.05) is 32.0 Å². The number of halogens is 3. The maximum absolute atomic E-state index is 13.2. The smallest absolute Gasteiger partial charge is 0.326 e. The summed E-state index contributed by atoms with van der Waals surface area (Å²) in [4.78, 5) is 27.1. The Morgan fingerprint density at radius 3 is 2.35 bits per heavy atom. The van der Waals surface area contributed by atoms with Gasteiger partial charge >= 0.3 is 12.2 Å². The Kier molecular flexibility index (Phi) is 5.89. The number of rotatable bonds is 4. The molecule has 1 atom stereocenters. The zero-order valence-corrected chi connectivity index (χ0v) is 17.1. The first-order valence-electron chi connectivity index (χ1n) is 9.57. The molecule has 3 rings (SSSR count). The van der Waals surface area contributed by atoms with Crippen LogP contribution in [0.15, 0.2) is 59.8 Å². The van der Waals surface area contributed by atoms with Gasteiger partial charge in [0.05, 0.1) is 28.9 Å². The number of anilines is 1. The summed E-state index contributed by atoms with van der Waals surface area (Å²) in [5.74, 6) is -0.631. The van der Waals surface area contributed by atoms with Crippen molar-refractivity contribution in [2.45, 2.75) is 33.0 Å². The van der Waals surface area contributed by atoms with Crippen molar-refractivity contribution in [3.63, 3.8) is 0 Å². The fourth-order valence-corrected chi connectivity index (χ4v) is 3.51. The largest absolute Gasteiger partial charge is 0.416 e. The van der Waals surface area contributed by atoms with Crippen molar-refractivity contribution in [1.82, 2.24) is 5.32 Å². The molecule has 160 valence electrons. The molecule has 2 aromatic rings. The summed E-state index contributed by atoms with van der Waals surface area (Å²) in [6, 6.07) is 11.4. The Morgan fingerprint density at radius 2 is 1.81 bits per heavy atom. The molecule has 5 nitrogen and oxygen atoms in total. The molecule has 0 fully saturated rings. The maximum Gasteiger partial charge on any atom is 0.416 e. The number of nitrogens with zero attached hydrogens (tertiary/aromatic N) is 2. The van der Waals surface area contributed by atoms with Crippen LogP contribution in [0.2, 0.25) is 0 Å². The first-order chi connectivity index (χ1) is 14.5. The maximum atomic E-state index is 13.2. The number of hydrogen-bond acceptors (Lipinski definition) is 3. The van der Waals surface area contributed by atoms with Crippen molar-refractivity contribution in [2.75, 3.05) is 4.90 Å². The van der Waals surface area contributed by atoms with Gasteiger partial charge in [0.15, 0.2) is 5.78 Å². The molecular weight excluding hydrogens is 407 g/mol. The number of hydrogen-bond donors (Lipinski definition) is 1. The van der Waals surface area contributed by atoms with E-state index in [1.165, 1.54) is 12.1 Å². The lowest BCUT2D eigenvalue weighted by Gasteiger charge is -2.36. The second-order valence-corrected chi connectivity index (χ2v) is 7.52. The fraction of sp³-hybridized carbons (Fsp3) is 0.261. The number of Topliss-reactive ketones (excluding diaryl/α,β-unsaturated/α-hetero) is 1. The number of carbonyl (C=O) groups is 2. The molecule has 0 radical (unpaired) electrons. The minimum Gasteiger partial charge on any atom is -0.326 e. The van der Waals surface area contributed by atoms with Gasteiger partial charge in [-0.15, -0.1) is 0 Å². The predicted octanol–water partition coefficient (Wildman–Crippen LogP) is 5.35. The molecule has 0 spiro atoms. The lowest BCUT2D eigenvalue weighted by Crippen LogP contribution is -2.48. The zero-order chi connectivity index (χ0) is 22.9. The highest BCUT2D eigenvalue weighted by Gasteiger charge is 2.38. The van der Waals surface area contributed by atoms with E-state index in [1.807, 2.05) is 6.07 Å². The molecule has 0 unspecified atom stereocenters. The Labute approximate surface area is 177 Å². The molecule has 2 aromatic carbocycles. The fourth-order valence-electron chi connectivity index (χ4n) is 3.51. The second-order valence-electron chi connectivity index (χ2n) is 7.52. The van der Waals surface area contributed by atoms with Crippen LogP contribution in [0.5, 0.6) is 0 Å². The summed E-state index contributed by atoms with van der Waals surface area (Å²) in [7, 11) is 0. The molecule has 2 amide bonds. The van der Waals surface area contributed by atoms with Crippen molar-refractivity contribution >= 4 is 17.5 Å². The minimum atomic E-state index is -4.57. The van der Waals surface area contributed by atoms with Crippen molar-refractivity contribution in [3.05, 3.63) is 76.5 Å². The number of urea groups is 1. The van der Waals surface area contributed by atoms with Crippen LogP contribution in [0.1, 0.15) is 43.5 Å². The number of allylic oxidation sites excluding steroid dienone is 1. The highest BCUT2D eigenvalue weighted by atomic mass is 19.4. The van der Waals surface area contributed by atoms with Crippen LogP contribution < -0.4 is 10.2 Å². The summed E-state index contributed by atoms with van der Waals surface area (Å²) in [5, 5.41) is 11.7. The van der Waals surface area contributed by atoms with E-state index in [0.29, 0.717) is 11.1 Å². The van der Waals surface area contributed by atoms with E-state index < -0.39 is 29.7 Å². The molecule has 0 saturated heterocycles. The first-order valence-corrected chi connectivity index (χ1v) is 9.57. The number of benzene rings is 2. The standard InChI is InChI=1S/C23H20F3N3O2/c1-13(2)21(30)19-14(3)29(18-6-4-5-17(11-18)23(24,25)26)22(31)28-20(19)16-9-7-15(12-27)8-10-16/h4-11,13,20H,1-3H3,(H,28,31)/t20-/m1/s1. The minimum absolute atomic E-state index is 0.0113. The SMILES string of the molecule is CC1=C(C(=O)C(C)C)[C@@H](c2ccc(C#N)cc2)NC(=O)N1c1cccc(C(F)(F)F)c1. The van der Waals surface area contributed by atoms with E-state index in [9.17, 15) is 22.8 Å². The molecule has 31 heavy (non-hydrogen) atoms. The first kappa shape index (κ1) is 22.1. The van der Waals surface area contributed by atoms with Crippen LogP contribution >= 0.6 is 0 Å². The molecule has 1 N–H and O–H groups in total. The molecule has 1 heterocycles. The van der Waals surface area contributed by atoms with Gasteiger partial charge in [0, 0.05) is 17.2 Å². The molecule has 0 bridgehead atoms. The normalized spacial score (nSPS) is 16.9. The van der Waals surface area contributed by atoms with Crippen molar-refractivity contribution in [3.8, 4) is 6.07 Å². The summed E-state index contributed by atoms with van der Waals surface area (Å²) >= 11 is 0. The van der Waals surface area contributed by atoms with Crippen LogP contribution in [0, 0.1) is 17.2 Å². The van der Waals surface area contributed by atoms with Gasteiger partial charge in [0.25, 0.3) is 0 Å². The topological polar surface area (TPSA) is 73.2 Å². The number of alkyl halides is 3. The Morgan fingerprint density at radius 1 is 1.16 bits per heavy atom. The third-order valence-corrected chi connectivity index (χ3v) is 5.08. The molecule has 0 aromatic heterocycles. The van der Waals surface area contributed by atoms with Crippen LogP contribution in [-0.2, 0) is 11.0 Å². The van der Waals surface area contributed by atoms with Crippen LogP contribution in [0.25, 0.3) is 0 Å². The number of nitriles is 1. The Balaban J connectivity index is 2.15. The average Bonchev–Trinajstić information content (AvgIpc) is 2.72. The lowest BCUT2D eigenvalue weighted by molar-refractivity contribution is -0.137. The van der Waals surface area contributed by atoms with Gasteiger partial charge in [-0.2, -0.15) is 18.4 Å². The van der Waals surface area contributed by atoms with E-state index in [-0.39, 0.29) is 22.7 Å². The third-order valence-electron chi connectivity index (χ3n) is 5.08. The van der Waals surface area contributed by atoms with Crippen molar-refractivity contribution in [2.24, 2.45) is 5.92 Å². The third kappa shape index (κ3) is 4.31. The van der Waals surface area contributed by atoms with E-state index in [0.717, 1.165) is 17.0 Å². The van der Waals surface area contributed by atoms with Crippen LogP contribution in [0.3, 0.4) is 0 Å². The van der Waals surface area contributed by atoms with Gasteiger partial charge in [-0.05, 0) is 42.8 Å². The van der Waals surface area contributed by atoms with Gasteiger partial charge in [-0.25, -0.2) is 4.79 Å². The quantitative estimate of drug-likeness (QED) is 0.715. The number of nitrogens with one attached hydrogen (secondary N) is 1. The monoisotopic (exact) mass is 427 g/mol. The van der Waals surface area contributed by atoms with E-state index in [4.69, 9.17) is 5.26 Å². The predicted molar refractivity (Wildman–Crippen MR) is 109 cm³/mol. The second kappa shape index (κ2) is 8.26. The van der Waals surface area contributed by atoms with Gasteiger partial charge < -0.3 is 5.32 Å². The molecule has 0 aliphatic carbocycles. The summed E-state index contributed by atoms with van der Waals surface area (Å²) < 4.78 is 39.5. The molecule has 8 heteroatoms. The van der Waals surface area contributed by atoms with Crippen LogP contribution in [-0.4, -0.2) is 11.8 Å². The summed E-state index contributed by atoms with van der Waals surface area (Å²) in [6.07, 6.45) is -4.57. The number of ketones is 1. The Bertz CT molecular complexity index is 1100. The summed E-state index contributed by atoms with van der Waals surface area (Å²) in [5.41, 5.74) is 0.690. The molecule has 1 aliphatic heterocycles. The van der Waals surface area contributed by atoms with Gasteiger partial charge in [-0.3, -0.25) is 9.69 Å². The highest BCUT2D eigenvalue weighted by Crippen LogP contribution is 2.37. The lowest BCUT2D eigenvalue weighted by atomic mass is 9.87. The van der Waals surface area contributed by atoms with Gasteiger partial charge in [0.2, 0.25) is 0 Å².